The predicted molar refractivity (Wildman–Crippen MR) is 88.8 cm³/mol. The van der Waals surface area contributed by atoms with Crippen LogP contribution in [0.15, 0.2) is 65.5 Å². The van der Waals surface area contributed by atoms with Crippen LogP contribution in [-0.2, 0) is 13.1 Å². The maximum absolute atomic E-state index is 5.63. The second-order valence-electron chi connectivity index (χ2n) is 4.94. The van der Waals surface area contributed by atoms with Crippen molar-refractivity contribution in [2.45, 2.75) is 13.1 Å². The van der Waals surface area contributed by atoms with Crippen LogP contribution < -0.4 is 5.73 Å². The summed E-state index contributed by atoms with van der Waals surface area (Å²) >= 11 is 3.51. The van der Waals surface area contributed by atoms with Crippen LogP contribution in [0.2, 0.25) is 0 Å². The lowest BCUT2D eigenvalue weighted by atomic mass is 10.1. The van der Waals surface area contributed by atoms with Gasteiger partial charge in [0.05, 0.1) is 18.2 Å². The SMILES string of the molecule is NCc1ccc(Cn2cncc2-c2cccc(Br)c2)cc1. The summed E-state index contributed by atoms with van der Waals surface area (Å²) in [5, 5.41) is 0. The van der Waals surface area contributed by atoms with Crippen molar-refractivity contribution in [2.24, 2.45) is 5.73 Å². The lowest BCUT2D eigenvalue weighted by Crippen LogP contribution is -2.01. The Bertz CT molecular complexity index is 732. The molecular weight excluding hydrogens is 326 g/mol. The number of hydrogen-bond acceptors (Lipinski definition) is 2. The van der Waals surface area contributed by atoms with Crippen LogP contribution in [0.25, 0.3) is 11.3 Å². The van der Waals surface area contributed by atoms with Gasteiger partial charge in [-0.05, 0) is 23.3 Å². The summed E-state index contributed by atoms with van der Waals surface area (Å²) < 4.78 is 3.22. The molecule has 2 aromatic carbocycles. The van der Waals surface area contributed by atoms with Crippen LogP contribution in [0, 0.1) is 0 Å². The van der Waals surface area contributed by atoms with Crippen molar-refractivity contribution in [3.8, 4) is 11.3 Å². The van der Waals surface area contributed by atoms with Crippen LogP contribution in [0.5, 0.6) is 0 Å². The van der Waals surface area contributed by atoms with E-state index in [1.54, 1.807) is 0 Å². The predicted octanol–water partition coefficient (Wildman–Crippen LogP) is 3.82. The standard InChI is InChI=1S/C17H16BrN3/c18-16-3-1-2-15(8-16)17-10-20-12-21(17)11-14-6-4-13(9-19)5-7-14/h1-8,10,12H,9,11,19H2. The van der Waals surface area contributed by atoms with E-state index in [0.29, 0.717) is 6.54 Å². The summed E-state index contributed by atoms with van der Waals surface area (Å²) in [6.07, 6.45) is 3.77. The first-order chi connectivity index (χ1) is 10.3. The molecule has 3 nitrogen and oxygen atoms in total. The highest BCUT2D eigenvalue weighted by Gasteiger charge is 2.06. The van der Waals surface area contributed by atoms with Crippen molar-refractivity contribution in [3.63, 3.8) is 0 Å². The van der Waals surface area contributed by atoms with Gasteiger partial charge in [-0.25, -0.2) is 4.98 Å². The van der Waals surface area contributed by atoms with E-state index < -0.39 is 0 Å². The van der Waals surface area contributed by atoms with Gasteiger partial charge in [-0.1, -0.05) is 52.3 Å². The molecule has 0 atom stereocenters. The van der Waals surface area contributed by atoms with Gasteiger partial charge in [0.2, 0.25) is 0 Å². The molecule has 0 aliphatic rings. The third-order valence-electron chi connectivity index (χ3n) is 3.44. The number of nitrogens with two attached hydrogens (primary N) is 1. The molecule has 4 heteroatoms. The molecule has 0 unspecified atom stereocenters. The van der Waals surface area contributed by atoms with Crippen LogP contribution in [0.4, 0.5) is 0 Å². The molecular formula is C17H16BrN3. The summed E-state index contributed by atoms with van der Waals surface area (Å²) in [7, 11) is 0. The molecule has 3 rings (SSSR count). The first kappa shape index (κ1) is 14.0. The Balaban J connectivity index is 1.88. The summed E-state index contributed by atoms with van der Waals surface area (Å²) in [6.45, 7) is 1.38. The summed E-state index contributed by atoms with van der Waals surface area (Å²) in [5.74, 6) is 0. The van der Waals surface area contributed by atoms with E-state index in [9.17, 15) is 0 Å². The van der Waals surface area contributed by atoms with E-state index in [0.717, 1.165) is 27.8 Å². The zero-order valence-corrected chi connectivity index (χ0v) is 13.1. The van der Waals surface area contributed by atoms with Gasteiger partial charge in [0, 0.05) is 23.1 Å². The smallest absolute Gasteiger partial charge is 0.0954 e. The molecule has 106 valence electrons. The molecule has 0 radical (unpaired) electrons. The number of hydrogen-bond donors (Lipinski definition) is 1. The highest BCUT2D eigenvalue weighted by Crippen LogP contribution is 2.23. The first-order valence-electron chi connectivity index (χ1n) is 6.80. The fourth-order valence-corrected chi connectivity index (χ4v) is 2.71. The van der Waals surface area contributed by atoms with Crippen LogP contribution >= 0.6 is 15.9 Å². The van der Waals surface area contributed by atoms with Crippen molar-refractivity contribution in [3.05, 3.63) is 76.7 Å². The Labute approximate surface area is 132 Å². The maximum atomic E-state index is 5.63. The Hall–Kier alpha value is -1.91. The molecule has 0 saturated carbocycles. The number of rotatable bonds is 4. The number of imidazole rings is 1. The average molecular weight is 342 g/mol. The van der Waals surface area contributed by atoms with Crippen molar-refractivity contribution >= 4 is 15.9 Å². The zero-order valence-electron chi connectivity index (χ0n) is 11.5. The fourth-order valence-electron chi connectivity index (χ4n) is 2.31. The van der Waals surface area contributed by atoms with Gasteiger partial charge in [-0.15, -0.1) is 0 Å². The van der Waals surface area contributed by atoms with Crippen LogP contribution in [-0.4, -0.2) is 9.55 Å². The summed E-state index contributed by atoms with van der Waals surface area (Å²) in [4.78, 5) is 4.29. The minimum Gasteiger partial charge on any atom is -0.326 e. The third kappa shape index (κ3) is 3.23. The van der Waals surface area contributed by atoms with Gasteiger partial charge >= 0.3 is 0 Å². The van der Waals surface area contributed by atoms with E-state index in [4.69, 9.17) is 5.73 Å². The minimum atomic E-state index is 0.578. The van der Waals surface area contributed by atoms with Crippen LogP contribution in [0.3, 0.4) is 0 Å². The number of nitrogens with zero attached hydrogens (tertiary/aromatic N) is 2. The highest BCUT2D eigenvalue weighted by atomic mass is 79.9. The summed E-state index contributed by atoms with van der Waals surface area (Å²) in [5.41, 5.74) is 10.3. The zero-order chi connectivity index (χ0) is 14.7. The third-order valence-corrected chi connectivity index (χ3v) is 3.94. The number of halogens is 1. The van der Waals surface area contributed by atoms with Crippen LogP contribution in [0.1, 0.15) is 11.1 Å². The normalized spacial score (nSPS) is 10.8. The molecule has 3 aromatic rings. The molecule has 0 saturated heterocycles. The molecule has 2 N–H and O–H groups in total. The molecule has 0 fully saturated rings. The van der Waals surface area contributed by atoms with Gasteiger partial charge < -0.3 is 10.3 Å². The van der Waals surface area contributed by atoms with E-state index in [2.05, 4.69) is 61.9 Å². The van der Waals surface area contributed by atoms with E-state index in [-0.39, 0.29) is 0 Å². The van der Waals surface area contributed by atoms with Gasteiger partial charge in [0.1, 0.15) is 0 Å². The van der Waals surface area contributed by atoms with Gasteiger partial charge in [0.25, 0.3) is 0 Å². The number of benzene rings is 2. The average Bonchev–Trinajstić information content (AvgIpc) is 2.96. The second-order valence-corrected chi connectivity index (χ2v) is 5.85. The Kier molecular flexibility index (Phi) is 4.18. The van der Waals surface area contributed by atoms with Gasteiger partial charge in [-0.3, -0.25) is 0 Å². The lowest BCUT2D eigenvalue weighted by molar-refractivity contribution is 0.804. The molecule has 1 heterocycles. The quantitative estimate of drug-likeness (QED) is 0.783. The molecule has 0 bridgehead atoms. The lowest BCUT2D eigenvalue weighted by Gasteiger charge is -2.09. The van der Waals surface area contributed by atoms with E-state index in [1.165, 1.54) is 5.56 Å². The second kappa shape index (κ2) is 6.24. The highest BCUT2D eigenvalue weighted by molar-refractivity contribution is 9.10. The molecule has 0 spiro atoms. The van der Waals surface area contributed by atoms with Crippen molar-refractivity contribution in [1.82, 2.24) is 9.55 Å². The Morgan fingerprint density at radius 3 is 2.52 bits per heavy atom. The topological polar surface area (TPSA) is 43.8 Å². The number of aromatic nitrogens is 2. The minimum absolute atomic E-state index is 0.578. The summed E-state index contributed by atoms with van der Waals surface area (Å²) in [6, 6.07) is 16.6. The molecule has 0 amide bonds. The van der Waals surface area contributed by atoms with Crippen molar-refractivity contribution in [2.75, 3.05) is 0 Å². The molecule has 21 heavy (non-hydrogen) atoms. The van der Waals surface area contributed by atoms with Crippen molar-refractivity contribution in [1.29, 1.82) is 0 Å². The van der Waals surface area contributed by atoms with E-state index in [1.807, 2.05) is 24.7 Å². The first-order valence-corrected chi connectivity index (χ1v) is 7.59. The van der Waals surface area contributed by atoms with Crippen molar-refractivity contribution < 1.29 is 0 Å². The monoisotopic (exact) mass is 341 g/mol. The van der Waals surface area contributed by atoms with Gasteiger partial charge in [-0.2, -0.15) is 0 Å². The Morgan fingerprint density at radius 2 is 1.81 bits per heavy atom. The fraction of sp³-hybridized carbons (Fsp3) is 0.118. The maximum Gasteiger partial charge on any atom is 0.0954 e. The molecule has 1 aromatic heterocycles. The van der Waals surface area contributed by atoms with E-state index >= 15 is 0 Å². The molecule has 0 aliphatic carbocycles. The van der Waals surface area contributed by atoms with Gasteiger partial charge in [0.15, 0.2) is 0 Å². The Morgan fingerprint density at radius 1 is 1.05 bits per heavy atom. The molecule has 0 aliphatic heterocycles. The largest absolute Gasteiger partial charge is 0.326 e.